The van der Waals surface area contributed by atoms with Crippen LogP contribution in [0.15, 0.2) is 42.6 Å². The number of unbranched alkanes of at least 4 members (excludes halogenated alkanes) is 1. The van der Waals surface area contributed by atoms with Gasteiger partial charge in [0.15, 0.2) is 0 Å². The highest BCUT2D eigenvalue weighted by Crippen LogP contribution is 2.19. The molecule has 5 heteroatoms. The number of nitrogens with zero attached hydrogens (tertiary/aromatic N) is 3. The highest BCUT2D eigenvalue weighted by Gasteiger charge is 2.30. The fraction of sp³-hybridized carbons (Fsp3) is 0.571. The molecule has 0 atom stereocenters. The van der Waals surface area contributed by atoms with Crippen molar-refractivity contribution in [2.75, 3.05) is 19.6 Å². The SMILES string of the molecule is CCCCN(Cc1cccn1Cc1cccc(C)c1)C(=O)CN(CC(C)C)C(=O)C(C)(C)C. The minimum atomic E-state index is -0.508. The molecule has 0 N–H and O–H groups in total. The van der Waals surface area contributed by atoms with Crippen molar-refractivity contribution in [1.82, 2.24) is 14.4 Å². The first-order chi connectivity index (χ1) is 15.5. The van der Waals surface area contributed by atoms with Crippen LogP contribution >= 0.6 is 0 Å². The standard InChI is InChI=1S/C28H43N3O2/c1-8-9-15-30(26(32)21-31(18-22(2)3)27(33)28(5,6)7)20-25-14-11-16-29(25)19-24-13-10-12-23(4)17-24/h10-14,16-17,22H,8-9,15,18-21H2,1-7H3. The molecule has 0 aliphatic rings. The molecule has 1 aromatic carbocycles. The van der Waals surface area contributed by atoms with E-state index in [9.17, 15) is 9.59 Å². The first-order valence-corrected chi connectivity index (χ1v) is 12.3. The van der Waals surface area contributed by atoms with Crippen LogP contribution in [0.3, 0.4) is 0 Å². The van der Waals surface area contributed by atoms with E-state index in [0.717, 1.165) is 25.1 Å². The fourth-order valence-corrected chi connectivity index (χ4v) is 3.99. The van der Waals surface area contributed by atoms with Crippen molar-refractivity contribution in [3.8, 4) is 0 Å². The summed E-state index contributed by atoms with van der Waals surface area (Å²) < 4.78 is 2.22. The van der Waals surface area contributed by atoms with Crippen molar-refractivity contribution in [2.24, 2.45) is 11.3 Å². The van der Waals surface area contributed by atoms with Gasteiger partial charge in [-0.05, 0) is 37.0 Å². The lowest BCUT2D eigenvalue weighted by atomic mass is 9.94. The van der Waals surface area contributed by atoms with Gasteiger partial charge < -0.3 is 14.4 Å². The number of rotatable bonds is 11. The molecule has 0 bridgehead atoms. The van der Waals surface area contributed by atoms with Crippen LogP contribution in [0.2, 0.25) is 0 Å². The number of hydrogen-bond donors (Lipinski definition) is 0. The molecule has 0 saturated carbocycles. The van der Waals surface area contributed by atoms with E-state index in [1.165, 1.54) is 11.1 Å². The van der Waals surface area contributed by atoms with E-state index < -0.39 is 5.41 Å². The van der Waals surface area contributed by atoms with Gasteiger partial charge in [-0.15, -0.1) is 0 Å². The molecule has 0 aliphatic heterocycles. The average Bonchev–Trinajstić information content (AvgIpc) is 3.15. The summed E-state index contributed by atoms with van der Waals surface area (Å²) in [4.78, 5) is 30.1. The summed E-state index contributed by atoms with van der Waals surface area (Å²) in [5, 5.41) is 0. The third-order valence-electron chi connectivity index (χ3n) is 5.69. The van der Waals surface area contributed by atoms with Crippen LogP contribution in [-0.2, 0) is 22.7 Å². The maximum Gasteiger partial charge on any atom is 0.242 e. The van der Waals surface area contributed by atoms with Gasteiger partial charge in [-0.1, -0.05) is 77.8 Å². The molecule has 1 heterocycles. The molecule has 2 rings (SSSR count). The molecule has 2 amide bonds. The Morgan fingerprint density at radius 2 is 1.79 bits per heavy atom. The Labute approximate surface area is 200 Å². The molecule has 182 valence electrons. The monoisotopic (exact) mass is 453 g/mol. The number of aryl methyl sites for hydroxylation is 1. The highest BCUT2D eigenvalue weighted by molar-refractivity contribution is 5.87. The Kier molecular flexibility index (Phi) is 9.75. The first kappa shape index (κ1) is 26.7. The van der Waals surface area contributed by atoms with Gasteiger partial charge in [0.1, 0.15) is 0 Å². The third-order valence-corrected chi connectivity index (χ3v) is 5.69. The van der Waals surface area contributed by atoms with Crippen molar-refractivity contribution in [2.45, 2.75) is 74.4 Å². The molecule has 0 radical (unpaired) electrons. The number of hydrogen-bond acceptors (Lipinski definition) is 2. The van der Waals surface area contributed by atoms with Crippen LogP contribution in [-0.4, -0.2) is 45.8 Å². The molecular formula is C28H43N3O2. The molecular weight excluding hydrogens is 410 g/mol. The summed E-state index contributed by atoms with van der Waals surface area (Å²) in [5.74, 6) is 0.354. The van der Waals surface area contributed by atoms with Crippen molar-refractivity contribution in [1.29, 1.82) is 0 Å². The van der Waals surface area contributed by atoms with Gasteiger partial charge in [0, 0.05) is 36.9 Å². The van der Waals surface area contributed by atoms with E-state index in [2.05, 4.69) is 68.8 Å². The number of amides is 2. The Bertz CT molecular complexity index is 908. The number of benzene rings is 1. The zero-order chi connectivity index (χ0) is 24.6. The van der Waals surface area contributed by atoms with Gasteiger partial charge in [-0.3, -0.25) is 9.59 Å². The van der Waals surface area contributed by atoms with Crippen molar-refractivity contribution in [3.05, 3.63) is 59.4 Å². The predicted molar refractivity (Wildman–Crippen MR) is 136 cm³/mol. The van der Waals surface area contributed by atoms with Gasteiger partial charge in [-0.25, -0.2) is 0 Å². The molecule has 0 aliphatic carbocycles. The largest absolute Gasteiger partial charge is 0.345 e. The molecule has 0 spiro atoms. The zero-order valence-corrected chi connectivity index (χ0v) is 21.7. The van der Waals surface area contributed by atoms with Gasteiger partial charge >= 0.3 is 0 Å². The van der Waals surface area contributed by atoms with E-state index in [-0.39, 0.29) is 18.4 Å². The Hall–Kier alpha value is -2.56. The Morgan fingerprint density at radius 3 is 2.39 bits per heavy atom. The molecule has 5 nitrogen and oxygen atoms in total. The van der Waals surface area contributed by atoms with Crippen molar-refractivity contribution < 1.29 is 9.59 Å². The summed E-state index contributed by atoms with van der Waals surface area (Å²) in [6, 6.07) is 12.7. The number of carbonyl (C=O) groups excluding carboxylic acids is 2. The quantitative estimate of drug-likeness (QED) is 0.451. The topological polar surface area (TPSA) is 45.6 Å². The number of carbonyl (C=O) groups is 2. The highest BCUT2D eigenvalue weighted by atomic mass is 16.2. The minimum Gasteiger partial charge on any atom is -0.345 e. The summed E-state index contributed by atoms with van der Waals surface area (Å²) >= 11 is 0. The van der Waals surface area contributed by atoms with Crippen LogP contribution in [0.5, 0.6) is 0 Å². The van der Waals surface area contributed by atoms with E-state index in [0.29, 0.717) is 25.6 Å². The van der Waals surface area contributed by atoms with Crippen molar-refractivity contribution >= 4 is 11.8 Å². The second kappa shape index (κ2) is 12.1. The molecule has 33 heavy (non-hydrogen) atoms. The van der Waals surface area contributed by atoms with E-state index in [4.69, 9.17) is 0 Å². The molecule has 0 fully saturated rings. The summed E-state index contributed by atoms with van der Waals surface area (Å²) in [5.41, 5.74) is 3.09. The van der Waals surface area contributed by atoms with Crippen LogP contribution in [0.25, 0.3) is 0 Å². The third kappa shape index (κ3) is 8.38. The van der Waals surface area contributed by atoms with Crippen LogP contribution < -0.4 is 0 Å². The molecule has 1 aromatic heterocycles. The fourth-order valence-electron chi connectivity index (χ4n) is 3.99. The van der Waals surface area contributed by atoms with Gasteiger partial charge in [0.2, 0.25) is 11.8 Å². The van der Waals surface area contributed by atoms with E-state index in [1.807, 2.05) is 31.7 Å². The average molecular weight is 454 g/mol. The maximum absolute atomic E-state index is 13.4. The lowest BCUT2D eigenvalue weighted by Crippen LogP contribution is -2.48. The summed E-state index contributed by atoms with van der Waals surface area (Å²) in [6.45, 7) is 16.9. The smallest absolute Gasteiger partial charge is 0.242 e. The van der Waals surface area contributed by atoms with Crippen LogP contribution in [0, 0.1) is 18.3 Å². The minimum absolute atomic E-state index is 0.0185. The molecule has 2 aromatic rings. The van der Waals surface area contributed by atoms with Crippen LogP contribution in [0.4, 0.5) is 0 Å². The lowest BCUT2D eigenvalue weighted by molar-refractivity contribution is -0.146. The second-order valence-electron chi connectivity index (χ2n) is 10.6. The Morgan fingerprint density at radius 1 is 1.06 bits per heavy atom. The Balaban J connectivity index is 2.19. The van der Waals surface area contributed by atoms with Gasteiger partial charge in [0.25, 0.3) is 0 Å². The van der Waals surface area contributed by atoms with Gasteiger partial charge in [0.05, 0.1) is 13.1 Å². The van der Waals surface area contributed by atoms with E-state index in [1.54, 1.807) is 4.90 Å². The summed E-state index contributed by atoms with van der Waals surface area (Å²) in [6.07, 6.45) is 4.04. The second-order valence-corrected chi connectivity index (χ2v) is 10.6. The van der Waals surface area contributed by atoms with E-state index >= 15 is 0 Å². The predicted octanol–water partition coefficient (Wildman–Crippen LogP) is 5.50. The normalized spacial score (nSPS) is 11.6. The first-order valence-electron chi connectivity index (χ1n) is 12.3. The maximum atomic E-state index is 13.4. The van der Waals surface area contributed by atoms with Crippen molar-refractivity contribution in [3.63, 3.8) is 0 Å². The van der Waals surface area contributed by atoms with Gasteiger partial charge in [-0.2, -0.15) is 0 Å². The molecule has 0 unspecified atom stereocenters. The van der Waals surface area contributed by atoms with Crippen LogP contribution in [0.1, 0.15) is 71.2 Å². The summed E-state index contributed by atoms with van der Waals surface area (Å²) in [7, 11) is 0. The lowest BCUT2D eigenvalue weighted by Gasteiger charge is -2.32. The number of aromatic nitrogens is 1. The molecule has 0 saturated heterocycles. The zero-order valence-electron chi connectivity index (χ0n) is 21.7.